The van der Waals surface area contributed by atoms with Gasteiger partial charge in [-0.3, -0.25) is 9.69 Å². The van der Waals surface area contributed by atoms with Crippen LogP contribution in [0.3, 0.4) is 0 Å². The molecular weight excluding hydrogens is 324 g/mol. The third-order valence-corrected chi connectivity index (χ3v) is 4.84. The molecule has 1 N–H and O–H groups in total. The van der Waals surface area contributed by atoms with Crippen molar-refractivity contribution in [3.63, 3.8) is 0 Å². The Kier molecular flexibility index (Phi) is 5.94. The zero-order chi connectivity index (χ0) is 18.5. The molecule has 2 aromatic rings. The monoisotopic (exact) mass is 352 g/mol. The highest BCUT2D eigenvalue weighted by atomic mass is 16.5. The van der Waals surface area contributed by atoms with Crippen molar-refractivity contribution in [2.75, 3.05) is 19.0 Å². The standard InChI is InChI=1S/C22H28N2O2/c1-16(2)17-8-10-19(11-9-17)23-22(25)15-24(20-12-13-20)14-18-6-4-5-7-21(18)26-3/h4-11,16,20H,12-15H2,1-3H3,(H,23,25). The quantitative estimate of drug-likeness (QED) is 0.764. The summed E-state index contributed by atoms with van der Waals surface area (Å²) in [6.07, 6.45) is 2.32. The van der Waals surface area contributed by atoms with E-state index in [2.05, 4.69) is 42.3 Å². The summed E-state index contributed by atoms with van der Waals surface area (Å²) in [5, 5.41) is 3.02. The first-order valence-electron chi connectivity index (χ1n) is 9.32. The Hall–Kier alpha value is -2.33. The number of ether oxygens (including phenoxy) is 1. The van der Waals surface area contributed by atoms with E-state index in [4.69, 9.17) is 4.74 Å². The maximum atomic E-state index is 12.5. The lowest BCUT2D eigenvalue weighted by molar-refractivity contribution is -0.117. The van der Waals surface area contributed by atoms with E-state index in [1.54, 1.807) is 7.11 Å². The van der Waals surface area contributed by atoms with Crippen LogP contribution in [0.4, 0.5) is 5.69 Å². The van der Waals surface area contributed by atoms with E-state index >= 15 is 0 Å². The van der Waals surface area contributed by atoms with Crippen molar-refractivity contribution < 1.29 is 9.53 Å². The van der Waals surface area contributed by atoms with Crippen molar-refractivity contribution in [3.8, 4) is 5.75 Å². The average Bonchev–Trinajstić information content (AvgIpc) is 3.47. The molecule has 0 saturated heterocycles. The summed E-state index contributed by atoms with van der Waals surface area (Å²) >= 11 is 0. The predicted molar refractivity (Wildman–Crippen MR) is 106 cm³/mol. The largest absolute Gasteiger partial charge is 0.496 e. The van der Waals surface area contributed by atoms with E-state index in [1.807, 2.05) is 30.3 Å². The van der Waals surface area contributed by atoms with Gasteiger partial charge in [0.15, 0.2) is 0 Å². The van der Waals surface area contributed by atoms with Gasteiger partial charge in [-0.15, -0.1) is 0 Å². The molecule has 1 saturated carbocycles. The van der Waals surface area contributed by atoms with E-state index in [9.17, 15) is 4.79 Å². The minimum absolute atomic E-state index is 0.0316. The fourth-order valence-electron chi connectivity index (χ4n) is 3.14. The van der Waals surface area contributed by atoms with Crippen molar-refractivity contribution in [1.82, 2.24) is 4.90 Å². The molecule has 4 heteroatoms. The molecule has 0 radical (unpaired) electrons. The SMILES string of the molecule is COc1ccccc1CN(CC(=O)Nc1ccc(C(C)C)cc1)C1CC1. The number of benzene rings is 2. The summed E-state index contributed by atoms with van der Waals surface area (Å²) in [6.45, 7) is 5.46. The molecule has 26 heavy (non-hydrogen) atoms. The number of amides is 1. The highest BCUT2D eigenvalue weighted by molar-refractivity contribution is 5.92. The minimum atomic E-state index is 0.0316. The molecule has 1 fully saturated rings. The predicted octanol–water partition coefficient (Wildman–Crippen LogP) is 4.42. The first-order chi connectivity index (χ1) is 12.6. The van der Waals surface area contributed by atoms with Gasteiger partial charge in [0.1, 0.15) is 5.75 Å². The number of hydrogen-bond acceptors (Lipinski definition) is 3. The Morgan fingerprint density at radius 3 is 2.46 bits per heavy atom. The Balaban J connectivity index is 1.62. The molecule has 0 bridgehead atoms. The van der Waals surface area contributed by atoms with Crippen LogP contribution in [0.2, 0.25) is 0 Å². The van der Waals surface area contributed by atoms with E-state index in [-0.39, 0.29) is 5.91 Å². The van der Waals surface area contributed by atoms with Gasteiger partial charge in [-0.1, -0.05) is 44.2 Å². The zero-order valence-corrected chi connectivity index (χ0v) is 15.9. The number of carbonyl (C=O) groups excluding carboxylic acids is 1. The van der Waals surface area contributed by atoms with E-state index in [0.717, 1.165) is 36.4 Å². The lowest BCUT2D eigenvalue weighted by Crippen LogP contribution is -2.34. The molecule has 0 aliphatic heterocycles. The lowest BCUT2D eigenvalue weighted by atomic mass is 10.0. The maximum absolute atomic E-state index is 12.5. The van der Waals surface area contributed by atoms with Gasteiger partial charge in [-0.2, -0.15) is 0 Å². The van der Waals surface area contributed by atoms with Crippen LogP contribution in [-0.4, -0.2) is 30.5 Å². The smallest absolute Gasteiger partial charge is 0.238 e. The molecular formula is C22H28N2O2. The van der Waals surface area contributed by atoms with Gasteiger partial charge >= 0.3 is 0 Å². The van der Waals surface area contributed by atoms with Crippen LogP contribution in [0.15, 0.2) is 48.5 Å². The molecule has 0 aromatic heterocycles. The molecule has 0 heterocycles. The maximum Gasteiger partial charge on any atom is 0.238 e. The van der Waals surface area contributed by atoms with Crippen LogP contribution < -0.4 is 10.1 Å². The van der Waals surface area contributed by atoms with E-state index in [0.29, 0.717) is 18.5 Å². The first-order valence-corrected chi connectivity index (χ1v) is 9.32. The van der Waals surface area contributed by atoms with Crippen molar-refractivity contribution in [2.45, 2.75) is 45.2 Å². The third-order valence-electron chi connectivity index (χ3n) is 4.84. The molecule has 3 rings (SSSR count). The number of methoxy groups -OCH3 is 1. The summed E-state index contributed by atoms with van der Waals surface area (Å²) in [7, 11) is 1.69. The second kappa shape index (κ2) is 8.37. The fraction of sp³-hybridized carbons (Fsp3) is 0.409. The molecule has 1 aliphatic rings. The Morgan fingerprint density at radius 2 is 1.85 bits per heavy atom. The molecule has 0 spiro atoms. The van der Waals surface area contributed by atoms with E-state index < -0.39 is 0 Å². The van der Waals surface area contributed by atoms with Crippen LogP contribution in [0, 0.1) is 0 Å². The molecule has 1 amide bonds. The number of rotatable bonds is 8. The summed E-state index contributed by atoms with van der Waals surface area (Å²) in [5.74, 6) is 1.40. The van der Waals surface area contributed by atoms with E-state index in [1.165, 1.54) is 5.56 Å². The minimum Gasteiger partial charge on any atom is -0.496 e. The van der Waals surface area contributed by atoms with Crippen LogP contribution in [0.5, 0.6) is 5.75 Å². The molecule has 0 unspecified atom stereocenters. The van der Waals surface area contributed by atoms with Crippen LogP contribution in [0.1, 0.15) is 43.7 Å². The topological polar surface area (TPSA) is 41.6 Å². The number of hydrogen-bond donors (Lipinski definition) is 1. The zero-order valence-electron chi connectivity index (χ0n) is 15.9. The molecule has 4 nitrogen and oxygen atoms in total. The number of nitrogens with zero attached hydrogens (tertiary/aromatic N) is 1. The second-order valence-electron chi connectivity index (χ2n) is 7.27. The summed E-state index contributed by atoms with van der Waals surface area (Å²) in [6, 6.07) is 16.6. The number of nitrogens with one attached hydrogen (secondary N) is 1. The molecule has 0 atom stereocenters. The van der Waals surface area contributed by atoms with Gasteiger partial charge in [-0.25, -0.2) is 0 Å². The highest BCUT2D eigenvalue weighted by Gasteiger charge is 2.30. The number of carbonyl (C=O) groups is 1. The van der Waals surface area contributed by atoms with Crippen LogP contribution in [-0.2, 0) is 11.3 Å². The lowest BCUT2D eigenvalue weighted by Gasteiger charge is -2.22. The average molecular weight is 352 g/mol. The van der Waals surface area contributed by atoms with Gasteiger partial charge < -0.3 is 10.1 Å². The Morgan fingerprint density at radius 1 is 1.15 bits per heavy atom. The summed E-state index contributed by atoms with van der Waals surface area (Å²) in [4.78, 5) is 14.8. The number of para-hydroxylation sites is 1. The van der Waals surface area contributed by atoms with Crippen molar-refractivity contribution >= 4 is 11.6 Å². The van der Waals surface area contributed by atoms with Crippen LogP contribution >= 0.6 is 0 Å². The first kappa shape index (κ1) is 18.5. The van der Waals surface area contributed by atoms with Crippen LogP contribution in [0.25, 0.3) is 0 Å². The van der Waals surface area contributed by atoms with Crippen molar-refractivity contribution in [3.05, 3.63) is 59.7 Å². The van der Waals surface area contributed by atoms with Gasteiger partial charge in [0.05, 0.1) is 13.7 Å². The second-order valence-corrected chi connectivity index (χ2v) is 7.27. The Labute approximate surface area is 156 Å². The molecule has 2 aromatic carbocycles. The highest BCUT2D eigenvalue weighted by Crippen LogP contribution is 2.30. The van der Waals surface area contributed by atoms with Gasteiger partial charge in [0.2, 0.25) is 5.91 Å². The Bertz CT molecular complexity index is 736. The van der Waals surface area contributed by atoms with Gasteiger partial charge in [0, 0.05) is 23.8 Å². The summed E-state index contributed by atoms with van der Waals surface area (Å²) in [5.41, 5.74) is 3.25. The van der Waals surface area contributed by atoms with Gasteiger partial charge in [0.25, 0.3) is 0 Å². The fourth-order valence-corrected chi connectivity index (χ4v) is 3.14. The van der Waals surface area contributed by atoms with Crippen molar-refractivity contribution in [2.24, 2.45) is 0 Å². The molecule has 138 valence electrons. The number of anilines is 1. The van der Waals surface area contributed by atoms with Crippen molar-refractivity contribution in [1.29, 1.82) is 0 Å². The third kappa shape index (κ3) is 4.85. The molecule has 1 aliphatic carbocycles. The normalized spacial score (nSPS) is 13.9. The van der Waals surface area contributed by atoms with Gasteiger partial charge in [-0.05, 0) is 42.5 Å². The summed E-state index contributed by atoms with van der Waals surface area (Å²) < 4.78 is 5.45.